The van der Waals surface area contributed by atoms with Crippen LogP contribution < -0.4 is 4.74 Å². The maximum absolute atomic E-state index is 13.1. The zero-order valence-corrected chi connectivity index (χ0v) is 17.1. The fraction of sp³-hybridized carbons (Fsp3) is 0.261. The van der Waals surface area contributed by atoms with E-state index < -0.39 is 15.9 Å². The van der Waals surface area contributed by atoms with Crippen molar-refractivity contribution in [1.29, 1.82) is 0 Å². The molecule has 3 aromatic rings. The fourth-order valence-corrected chi connectivity index (χ4v) is 5.55. The molecule has 1 atom stereocenters. The summed E-state index contributed by atoms with van der Waals surface area (Å²) in [6, 6.07) is 18.8. The zero-order valence-electron chi connectivity index (χ0n) is 16.3. The Kier molecular flexibility index (Phi) is 5.72. The number of carbonyl (C=O) groups is 1. The van der Waals surface area contributed by atoms with Crippen molar-refractivity contribution < 1.29 is 22.3 Å². The van der Waals surface area contributed by atoms with Crippen molar-refractivity contribution in [2.24, 2.45) is 0 Å². The summed E-state index contributed by atoms with van der Waals surface area (Å²) < 4.78 is 42.7. The lowest BCUT2D eigenvalue weighted by molar-refractivity contribution is -0.135. The van der Waals surface area contributed by atoms with Gasteiger partial charge >= 0.3 is 0 Å². The Morgan fingerprint density at radius 2 is 1.77 bits per heavy atom. The predicted molar refractivity (Wildman–Crippen MR) is 113 cm³/mol. The van der Waals surface area contributed by atoms with Gasteiger partial charge < -0.3 is 9.64 Å². The summed E-state index contributed by atoms with van der Waals surface area (Å²) in [5.41, 5.74) is 0.951. The summed E-state index contributed by atoms with van der Waals surface area (Å²) in [6.07, 6.45) is 0.412. The second-order valence-electron chi connectivity index (χ2n) is 7.46. The second-order valence-corrected chi connectivity index (χ2v) is 9.69. The molecule has 0 radical (unpaired) electrons. The smallest absolute Gasteiger partial charge is 0.261 e. The van der Waals surface area contributed by atoms with Crippen LogP contribution in [0.5, 0.6) is 5.75 Å². The van der Waals surface area contributed by atoms with Gasteiger partial charge in [0.05, 0.1) is 11.5 Å². The van der Waals surface area contributed by atoms with E-state index in [4.69, 9.17) is 4.74 Å². The molecular weight excluding hydrogens is 405 g/mol. The molecule has 0 aliphatic carbocycles. The molecule has 5 nitrogen and oxygen atoms in total. The average Bonchev–Trinajstić information content (AvgIpc) is 3.10. The van der Waals surface area contributed by atoms with Gasteiger partial charge in [-0.2, -0.15) is 0 Å². The molecule has 156 valence electrons. The van der Waals surface area contributed by atoms with Crippen LogP contribution in [0.4, 0.5) is 4.39 Å². The molecule has 1 fully saturated rings. The summed E-state index contributed by atoms with van der Waals surface area (Å²) in [6.45, 7) is 0.0557. The van der Waals surface area contributed by atoms with Crippen molar-refractivity contribution in [1.82, 2.24) is 4.90 Å². The highest BCUT2D eigenvalue weighted by Crippen LogP contribution is 2.25. The fourth-order valence-electron chi connectivity index (χ4n) is 3.81. The van der Waals surface area contributed by atoms with Crippen LogP contribution in [-0.4, -0.2) is 43.4 Å². The number of amides is 1. The Labute approximate surface area is 175 Å². The third-order valence-electron chi connectivity index (χ3n) is 5.37. The number of ether oxygens (including phenoxy) is 1. The van der Waals surface area contributed by atoms with Crippen LogP contribution in [0.1, 0.15) is 12.0 Å². The Bertz CT molecular complexity index is 1160. The van der Waals surface area contributed by atoms with Gasteiger partial charge in [-0.05, 0) is 47.0 Å². The topological polar surface area (TPSA) is 63.7 Å². The highest BCUT2D eigenvalue weighted by atomic mass is 32.2. The van der Waals surface area contributed by atoms with Crippen LogP contribution in [-0.2, 0) is 21.2 Å². The van der Waals surface area contributed by atoms with Gasteiger partial charge in [0.25, 0.3) is 5.91 Å². The minimum atomic E-state index is -3.16. The van der Waals surface area contributed by atoms with Gasteiger partial charge in [-0.15, -0.1) is 0 Å². The van der Waals surface area contributed by atoms with Crippen LogP contribution in [0.2, 0.25) is 0 Å². The largest absolute Gasteiger partial charge is 0.484 e. The van der Waals surface area contributed by atoms with Crippen molar-refractivity contribution in [3.8, 4) is 5.75 Å². The van der Waals surface area contributed by atoms with E-state index in [1.54, 1.807) is 4.90 Å². The van der Waals surface area contributed by atoms with Crippen molar-refractivity contribution >= 4 is 26.5 Å². The maximum atomic E-state index is 13.1. The number of rotatable bonds is 6. The van der Waals surface area contributed by atoms with E-state index in [0.29, 0.717) is 18.7 Å². The monoisotopic (exact) mass is 427 g/mol. The van der Waals surface area contributed by atoms with E-state index in [9.17, 15) is 17.6 Å². The molecule has 0 aromatic heterocycles. The Morgan fingerprint density at radius 1 is 1.03 bits per heavy atom. The summed E-state index contributed by atoms with van der Waals surface area (Å²) in [4.78, 5) is 14.7. The Balaban J connectivity index is 1.57. The van der Waals surface area contributed by atoms with E-state index in [0.717, 1.165) is 16.3 Å². The van der Waals surface area contributed by atoms with E-state index in [-0.39, 0.29) is 29.8 Å². The van der Waals surface area contributed by atoms with Crippen molar-refractivity contribution in [2.75, 3.05) is 18.1 Å². The molecule has 0 spiro atoms. The highest BCUT2D eigenvalue weighted by molar-refractivity contribution is 7.91. The predicted octanol–water partition coefficient (Wildman–Crippen LogP) is 3.57. The number of nitrogens with zero attached hydrogens (tertiary/aromatic N) is 1. The molecule has 3 aromatic carbocycles. The molecule has 0 N–H and O–H groups in total. The number of hydrogen-bond acceptors (Lipinski definition) is 4. The molecular formula is C23H22FNO4S. The summed E-state index contributed by atoms with van der Waals surface area (Å²) in [7, 11) is -3.16. The third kappa shape index (κ3) is 4.62. The molecule has 4 rings (SSSR count). The first-order chi connectivity index (χ1) is 14.4. The number of hydrogen-bond donors (Lipinski definition) is 0. The lowest BCUT2D eigenvalue weighted by atomic mass is 10.0. The lowest BCUT2D eigenvalue weighted by Crippen LogP contribution is -2.43. The minimum absolute atomic E-state index is 0.0416. The molecule has 1 aliphatic rings. The molecule has 1 amide bonds. The molecule has 0 bridgehead atoms. The van der Waals surface area contributed by atoms with E-state index in [1.807, 2.05) is 42.5 Å². The SMILES string of the molecule is O=C(COc1ccc(F)cc1)N(Cc1cccc2ccccc12)[C@@H]1CCS(=O)(=O)C1. The quantitative estimate of drug-likeness (QED) is 0.603. The minimum Gasteiger partial charge on any atom is -0.484 e. The Morgan fingerprint density at radius 3 is 2.50 bits per heavy atom. The second kappa shape index (κ2) is 8.44. The molecule has 7 heteroatoms. The maximum Gasteiger partial charge on any atom is 0.261 e. The lowest BCUT2D eigenvalue weighted by Gasteiger charge is -2.29. The van der Waals surface area contributed by atoms with Gasteiger partial charge in [-0.3, -0.25) is 4.79 Å². The highest BCUT2D eigenvalue weighted by Gasteiger charge is 2.35. The van der Waals surface area contributed by atoms with Crippen molar-refractivity contribution in [3.63, 3.8) is 0 Å². The average molecular weight is 427 g/mol. The molecule has 1 saturated heterocycles. The third-order valence-corrected chi connectivity index (χ3v) is 7.12. The van der Waals surface area contributed by atoms with Crippen LogP contribution in [0.3, 0.4) is 0 Å². The molecule has 30 heavy (non-hydrogen) atoms. The van der Waals surface area contributed by atoms with Gasteiger partial charge in [0.15, 0.2) is 16.4 Å². The van der Waals surface area contributed by atoms with Crippen LogP contribution in [0, 0.1) is 5.82 Å². The molecule has 0 saturated carbocycles. The first-order valence-electron chi connectivity index (χ1n) is 9.76. The van der Waals surface area contributed by atoms with E-state index >= 15 is 0 Å². The van der Waals surface area contributed by atoms with Gasteiger partial charge in [0.2, 0.25) is 0 Å². The summed E-state index contributed by atoms with van der Waals surface area (Å²) >= 11 is 0. The number of carbonyl (C=O) groups excluding carboxylic acids is 1. The van der Waals surface area contributed by atoms with Crippen molar-refractivity contribution in [2.45, 2.75) is 19.0 Å². The van der Waals surface area contributed by atoms with Gasteiger partial charge in [0, 0.05) is 12.6 Å². The standard InChI is InChI=1S/C23H22FNO4S/c24-19-8-10-21(11-9-19)29-15-23(26)25(20-12-13-30(27,28)16-20)14-18-6-3-5-17-4-1-2-7-22(17)18/h1-11,20H,12-16H2/t20-/m1/s1. The summed E-state index contributed by atoms with van der Waals surface area (Å²) in [5, 5.41) is 2.09. The zero-order chi connectivity index (χ0) is 21.1. The summed E-state index contributed by atoms with van der Waals surface area (Å²) in [5.74, 6) is -0.263. The van der Waals surface area contributed by atoms with E-state index in [2.05, 4.69) is 0 Å². The van der Waals surface area contributed by atoms with Gasteiger partial charge in [-0.25, -0.2) is 12.8 Å². The molecule has 1 aliphatic heterocycles. The first-order valence-corrected chi connectivity index (χ1v) is 11.6. The number of halogens is 1. The Hall–Kier alpha value is -2.93. The molecule has 1 heterocycles. The molecule has 0 unspecified atom stereocenters. The van der Waals surface area contributed by atoms with Crippen LogP contribution in [0.25, 0.3) is 10.8 Å². The van der Waals surface area contributed by atoms with E-state index in [1.165, 1.54) is 24.3 Å². The van der Waals surface area contributed by atoms with Gasteiger partial charge in [0.1, 0.15) is 11.6 Å². The normalized spacial score (nSPS) is 17.7. The van der Waals surface area contributed by atoms with Crippen LogP contribution >= 0.6 is 0 Å². The van der Waals surface area contributed by atoms with Crippen LogP contribution in [0.15, 0.2) is 66.7 Å². The number of benzene rings is 3. The number of fused-ring (bicyclic) bond motifs is 1. The first kappa shape index (κ1) is 20.3. The van der Waals surface area contributed by atoms with Gasteiger partial charge in [-0.1, -0.05) is 42.5 Å². The van der Waals surface area contributed by atoms with Crippen molar-refractivity contribution in [3.05, 3.63) is 78.1 Å². The number of sulfone groups is 1.